The molecule has 1 aromatic heterocycles. The third-order valence-corrected chi connectivity index (χ3v) is 5.02. The van der Waals surface area contributed by atoms with E-state index in [0.717, 1.165) is 10.0 Å². The van der Waals surface area contributed by atoms with Gasteiger partial charge in [0.1, 0.15) is 12.4 Å². The highest BCUT2D eigenvalue weighted by atomic mass is 79.9. The van der Waals surface area contributed by atoms with Crippen molar-refractivity contribution in [2.75, 3.05) is 0 Å². The molecule has 1 heterocycles. The molecule has 4 nitrogen and oxygen atoms in total. The maximum absolute atomic E-state index is 12.2. The molecule has 6 heteroatoms. The average Bonchev–Trinajstić information content (AvgIpc) is 2.74. The lowest BCUT2D eigenvalue weighted by atomic mass is 10.1. The van der Waals surface area contributed by atoms with Crippen LogP contribution in [0.15, 0.2) is 92.5 Å². The molecule has 0 fully saturated rings. The lowest BCUT2D eigenvalue weighted by Crippen LogP contribution is -2.03. The van der Waals surface area contributed by atoms with Gasteiger partial charge in [-0.3, -0.25) is 0 Å². The molecule has 0 spiro atoms. The first-order valence-corrected chi connectivity index (χ1v) is 10.0. The minimum atomic E-state index is -0.484. The van der Waals surface area contributed by atoms with Crippen molar-refractivity contribution in [3.05, 3.63) is 104 Å². The van der Waals surface area contributed by atoms with E-state index in [9.17, 15) is 4.79 Å². The van der Waals surface area contributed by atoms with Crippen LogP contribution in [0.2, 0.25) is 5.02 Å². The van der Waals surface area contributed by atoms with Crippen LogP contribution in [0.4, 0.5) is 0 Å². The maximum atomic E-state index is 12.2. The molecule has 0 saturated carbocycles. The van der Waals surface area contributed by atoms with Crippen molar-refractivity contribution < 1.29 is 9.15 Å². The average molecular weight is 469 g/mol. The zero-order chi connectivity index (χ0) is 20.2. The van der Waals surface area contributed by atoms with Crippen LogP contribution in [-0.2, 0) is 6.61 Å². The number of para-hydroxylation sites is 1. The zero-order valence-electron chi connectivity index (χ0n) is 15.1. The Bertz CT molecular complexity index is 1190. The summed E-state index contributed by atoms with van der Waals surface area (Å²) in [7, 11) is 0. The molecule has 29 heavy (non-hydrogen) atoms. The predicted octanol–water partition coefficient (Wildman–Crippen LogP) is 6.36. The predicted molar refractivity (Wildman–Crippen MR) is 117 cm³/mol. The van der Waals surface area contributed by atoms with E-state index in [1.165, 1.54) is 6.07 Å². The van der Waals surface area contributed by atoms with Gasteiger partial charge in [-0.15, -0.1) is 0 Å². The Morgan fingerprint density at radius 1 is 0.966 bits per heavy atom. The number of ether oxygens (including phenoxy) is 1. The number of hydrogen-bond acceptors (Lipinski definition) is 4. The second kappa shape index (κ2) is 8.64. The summed E-state index contributed by atoms with van der Waals surface area (Å²) in [5, 5.41) is 0.596. The van der Waals surface area contributed by atoms with Crippen molar-refractivity contribution in [3.63, 3.8) is 0 Å². The summed E-state index contributed by atoms with van der Waals surface area (Å²) >= 11 is 9.37. The van der Waals surface area contributed by atoms with E-state index in [4.69, 9.17) is 20.8 Å². The molecule has 0 atom stereocenters. The van der Waals surface area contributed by atoms with E-state index in [1.54, 1.807) is 24.3 Å². The van der Waals surface area contributed by atoms with E-state index in [2.05, 4.69) is 20.9 Å². The van der Waals surface area contributed by atoms with Crippen LogP contribution in [0.5, 0.6) is 5.75 Å². The van der Waals surface area contributed by atoms with Crippen LogP contribution in [0.1, 0.15) is 5.56 Å². The molecule has 0 aliphatic rings. The lowest BCUT2D eigenvalue weighted by Gasteiger charge is -2.11. The third kappa shape index (κ3) is 4.75. The van der Waals surface area contributed by atoms with E-state index in [-0.39, 0.29) is 5.89 Å². The van der Waals surface area contributed by atoms with E-state index in [0.29, 0.717) is 34.2 Å². The second-order valence-electron chi connectivity index (χ2n) is 6.29. The molecule has 4 aromatic rings. The Morgan fingerprint density at radius 3 is 2.45 bits per heavy atom. The molecule has 144 valence electrons. The highest BCUT2D eigenvalue weighted by Crippen LogP contribution is 2.30. The fourth-order valence-corrected chi connectivity index (χ4v) is 3.19. The Kier molecular flexibility index (Phi) is 5.79. The van der Waals surface area contributed by atoms with Gasteiger partial charge >= 0.3 is 5.63 Å². The molecule has 0 aliphatic carbocycles. The second-order valence-corrected chi connectivity index (χ2v) is 7.64. The number of rotatable bonds is 5. The Labute approximate surface area is 180 Å². The van der Waals surface area contributed by atoms with E-state index in [1.807, 2.05) is 48.5 Å². The lowest BCUT2D eigenvalue weighted by molar-refractivity contribution is 0.307. The molecular weight excluding hydrogens is 454 g/mol. The molecule has 0 bridgehead atoms. The standard InChI is InChI=1S/C23H15BrClNO3/c24-17-9-5-15(6-10-17)14-28-21-4-2-1-3-19(21)20-13-22(27)29-23(26-20)16-7-11-18(25)12-8-16/h1-13H,14H2. The number of nitrogens with zero attached hydrogens (tertiary/aromatic N) is 1. The summed E-state index contributed by atoms with van der Waals surface area (Å²) in [5.74, 6) is 0.863. The van der Waals surface area contributed by atoms with Gasteiger partial charge in [0.2, 0.25) is 5.89 Å². The topological polar surface area (TPSA) is 52.3 Å². The highest BCUT2D eigenvalue weighted by Gasteiger charge is 2.12. The van der Waals surface area contributed by atoms with Gasteiger partial charge in [-0.2, -0.15) is 0 Å². The maximum Gasteiger partial charge on any atom is 0.339 e. The summed E-state index contributed by atoms with van der Waals surface area (Å²) in [6.45, 7) is 0.399. The quantitative estimate of drug-likeness (QED) is 0.342. The molecule has 0 N–H and O–H groups in total. The summed E-state index contributed by atoms with van der Waals surface area (Å²) in [5.41, 5.74) is 2.42. The minimum Gasteiger partial charge on any atom is -0.488 e. The smallest absolute Gasteiger partial charge is 0.339 e. The number of halogens is 2. The van der Waals surface area contributed by atoms with Crippen LogP contribution < -0.4 is 10.4 Å². The van der Waals surface area contributed by atoms with Gasteiger partial charge in [-0.25, -0.2) is 9.78 Å². The summed E-state index contributed by atoms with van der Waals surface area (Å²) in [6.07, 6.45) is 0. The molecule has 0 radical (unpaired) electrons. The van der Waals surface area contributed by atoms with Crippen LogP contribution in [-0.4, -0.2) is 4.98 Å². The Balaban J connectivity index is 1.67. The summed E-state index contributed by atoms with van der Waals surface area (Å²) < 4.78 is 12.3. The van der Waals surface area contributed by atoms with Gasteiger partial charge in [0.15, 0.2) is 0 Å². The number of aromatic nitrogens is 1. The SMILES string of the molecule is O=c1cc(-c2ccccc2OCc2ccc(Br)cc2)nc(-c2ccc(Cl)cc2)o1. The van der Waals surface area contributed by atoms with Gasteiger partial charge in [0.05, 0.1) is 11.8 Å². The van der Waals surface area contributed by atoms with E-state index >= 15 is 0 Å². The minimum absolute atomic E-state index is 0.229. The van der Waals surface area contributed by atoms with Crippen LogP contribution in [0, 0.1) is 0 Å². The first-order valence-electron chi connectivity index (χ1n) is 8.83. The molecule has 0 unspecified atom stereocenters. The Morgan fingerprint density at radius 2 is 1.69 bits per heavy atom. The molecule has 0 amide bonds. The van der Waals surface area contributed by atoms with Gasteiger partial charge in [-0.05, 0) is 54.1 Å². The monoisotopic (exact) mass is 467 g/mol. The number of hydrogen-bond donors (Lipinski definition) is 0. The van der Waals surface area contributed by atoms with Crippen molar-refractivity contribution in [1.29, 1.82) is 0 Å². The fraction of sp³-hybridized carbons (Fsp3) is 0.0435. The van der Waals surface area contributed by atoms with Crippen molar-refractivity contribution in [1.82, 2.24) is 4.98 Å². The van der Waals surface area contributed by atoms with Gasteiger partial charge in [-0.1, -0.05) is 51.8 Å². The third-order valence-electron chi connectivity index (χ3n) is 4.24. The largest absolute Gasteiger partial charge is 0.488 e. The number of benzene rings is 3. The van der Waals surface area contributed by atoms with Gasteiger partial charge in [0.25, 0.3) is 0 Å². The normalized spacial score (nSPS) is 10.7. The van der Waals surface area contributed by atoms with Crippen molar-refractivity contribution in [2.24, 2.45) is 0 Å². The Hall–Kier alpha value is -2.89. The zero-order valence-corrected chi connectivity index (χ0v) is 17.5. The summed E-state index contributed by atoms with van der Waals surface area (Å²) in [4.78, 5) is 16.7. The molecule has 0 saturated heterocycles. The van der Waals surface area contributed by atoms with Crippen LogP contribution in [0.25, 0.3) is 22.7 Å². The molecular formula is C23H15BrClNO3. The van der Waals surface area contributed by atoms with Gasteiger partial charge < -0.3 is 9.15 Å². The summed E-state index contributed by atoms with van der Waals surface area (Å²) in [6, 6.07) is 23.7. The first kappa shape index (κ1) is 19.4. The molecule has 0 aliphatic heterocycles. The van der Waals surface area contributed by atoms with Crippen molar-refractivity contribution in [3.8, 4) is 28.5 Å². The van der Waals surface area contributed by atoms with Crippen LogP contribution >= 0.6 is 27.5 Å². The molecule has 4 rings (SSSR count). The van der Waals surface area contributed by atoms with E-state index < -0.39 is 5.63 Å². The van der Waals surface area contributed by atoms with Gasteiger partial charge in [0, 0.05) is 20.6 Å². The highest BCUT2D eigenvalue weighted by molar-refractivity contribution is 9.10. The van der Waals surface area contributed by atoms with Crippen LogP contribution in [0.3, 0.4) is 0 Å². The van der Waals surface area contributed by atoms with Crippen molar-refractivity contribution in [2.45, 2.75) is 6.61 Å². The first-order chi connectivity index (χ1) is 14.1. The molecule has 3 aromatic carbocycles. The van der Waals surface area contributed by atoms with Crippen molar-refractivity contribution >= 4 is 27.5 Å². The fourth-order valence-electron chi connectivity index (χ4n) is 2.80.